The Kier molecular flexibility index (Phi) is 7.10. The molecule has 0 spiro atoms. The Labute approximate surface area is 239 Å². The molecule has 15 heteroatoms. The molecule has 234 valence electrons. The second kappa shape index (κ2) is 10.1. The Morgan fingerprint density at radius 3 is 2.21 bits per heavy atom. The van der Waals surface area contributed by atoms with Gasteiger partial charge in [-0.2, -0.15) is 8.78 Å². The van der Waals surface area contributed by atoms with Gasteiger partial charge in [-0.05, 0) is 69.1 Å². The highest BCUT2D eigenvalue weighted by Crippen LogP contribution is 2.62. The van der Waals surface area contributed by atoms with Crippen LogP contribution in [0.4, 0.5) is 13.2 Å². The molecule has 0 aromatic rings. The summed E-state index contributed by atoms with van der Waals surface area (Å²) in [6.45, 7) is 0.295. The lowest BCUT2D eigenvalue weighted by Crippen LogP contribution is -2.59. The van der Waals surface area contributed by atoms with Gasteiger partial charge >= 0.3 is 29.1 Å². The first-order valence-electron chi connectivity index (χ1n) is 14.4. The minimum atomic E-state index is -6.32. The molecule has 1 aliphatic heterocycles. The molecule has 42 heavy (non-hydrogen) atoms. The van der Waals surface area contributed by atoms with Gasteiger partial charge in [0, 0.05) is 11.8 Å². The Bertz CT molecular complexity index is 1260. The van der Waals surface area contributed by atoms with Gasteiger partial charge < -0.3 is 23.5 Å². The van der Waals surface area contributed by atoms with Crippen molar-refractivity contribution in [2.45, 2.75) is 87.5 Å². The van der Waals surface area contributed by atoms with E-state index in [2.05, 4.69) is 4.74 Å². The van der Waals surface area contributed by atoms with E-state index in [0.29, 0.717) is 18.3 Å². The van der Waals surface area contributed by atoms with E-state index in [1.54, 1.807) is 0 Å². The smallest absolute Gasteiger partial charge is 0.368 e. The maximum Gasteiger partial charge on any atom is 0.368 e. The molecular formula is C27H32F3O11S-. The zero-order valence-electron chi connectivity index (χ0n) is 22.7. The van der Waals surface area contributed by atoms with Crippen molar-refractivity contribution >= 4 is 34.0 Å². The molecule has 0 aromatic carbocycles. The third kappa shape index (κ3) is 4.69. The first kappa shape index (κ1) is 29.6. The zero-order valence-corrected chi connectivity index (χ0v) is 23.6. The number of fused-ring (bicyclic) bond motifs is 1. The van der Waals surface area contributed by atoms with Crippen LogP contribution in [0.15, 0.2) is 0 Å². The molecule has 7 rings (SSSR count). The molecule has 0 N–H and O–H groups in total. The van der Waals surface area contributed by atoms with Crippen molar-refractivity contribution < 1.29 is 64.3 Å². The van der Waals surface area contributed by atoms with E-state index < -0.39 is 100 Å². The number of carbonyl (C=O) groups excluding carboxylic acids is 4. The number of halogens is 3. The van der Waals surface area contributed by atoms with Crippen molar-refractivity contribution in [1.29, 1.82) is 0 Å². The van der Waals surface area contributed by atoms with E-state index in [-0.39, 0.29) is 17.8 Å². The van der Waals surface area contributed by atoms with Gasteiger partial charge in [-0.15, -0.1) is 0 Å². The molecule has 6 saturated carbocycles. The van der Waals surface area contributed by atoms with Crippen LogP contribution in [0.3, 0.4) is 0 Å². The largest absolute Gasteiger partial charge is 0.743 e. The average Bonchev–Trinajstić information content (AvgIpc) is 3.52. The number of carbonyl (C=O) groups is 4. The molecule has 1 saturated heterocycles. The molecule has 11 nitrogen and oxygen atoms in total. The molecule has 7 unspecified atom stereocenters. The van der Waals surface area contributed by atoms with Gasteiger partial charge in [-0.1, -0.05) is 0 Å². The molecule has 7 atom stereocenters. The van der Waals surface area contributed by atoms with Crippen molar-refractivity contribution in [3.8, 4) is 0 Å². The van der Waals surface area contributed by atoms with Gasteiger partial charge in [0.1, 0.15) is 24.4 Å². The maximum atomic E-state index is 13.7. The van der Waals surface area contributed by atoms with Crippen molar-refractivity contribution in [3.05, 3.63) is 0 Å². The summed E-state index contributed by atoms with van der Waals surface area (Å²) in [5, 5.41) is -5.30. The fourth-order valence-electron chi connectivity index (χ4n) is 8.95. The molecule has 0 aromatic heterocycles. The number of ether oxygens (including phenoxy) is 4. The predicted octanol–water partition coefficient (Wildman–Crippen LogP) is 2.26. The van der Waals surface area contributed by atoms with E-state index in [1.165, 1.54) is 6.42 Å². The third-order valence-corrected chi connectivity index (χ3v) is 11.7. The third-order valence-electron chi connectivity index (χ3n) is 10.8. The summed E-state index contributed by atoms with van der Waals surface area (Å²) in [6, 6.07) is 0. The average molecular weight is 622 g/mol. The SMILES string of the molecule is CC1(OC(=O)C2C3CC4C(OC(=O)C42)C3OC(=O)CCC(=O)OCC(F)C(F)(F)S(=O)(=O)[O-])C2CC3CC(C2)CC1C3. The summed E-state index contributed by atoms with van der Waals surface area (Å²) in [5.41, 5.74) is -0.610. The molecule has 6 aliphatic carbocycles. The number of esters is 4. The quantitative estimate of drug-likeness (QED) is 0.200. The Balaban J connectivity index is 1.05. The van der Waals surface area contributed by atoms with Crippen LogP contribution >= 0.6 is 0 Å². The minimum Gasteiger partial charge on any atom is -0.743 e. The van der Waals surface area contributed by atoms with Gasteiger partial charge in [-0.3, -0.25) is 19.2 Å². The van der Waals surface area contributed by atoms with Crippen LogP contribution in [-0.4, -0.2) is 72.7 Å². The summed E-state index contributed by atoms with van der Waals surface area (Å²) < 4.78 is 92.9. The van der Waals surface area contributed by atoms with Crippen molar-refractivity contribution in [3.63, 3.8) is 0 Å². The second-order valence-corrected chi connectivity index (χ2v) is 14.5. The Hall–Kier alpha value is -2.42. The number of hydrogen-bond donors (Lipinski definition) is 0. The molecule has 0 radical (unpaired) electrons. The summed E-state index contributed by atoms with van der Waals surface area (Å²) in [7, 11) is -6.32. The van der Waals surface area contributed by atoms with E-state index in [0.717, 1.165) is 25.7 Å². The first-order valence-corrected chi connectivity index (χ1v) is 15.8. The van der Waals surface area contributed by atoms with Gasteiger partial charge in [-0.25, -0.2) is 12.8 Å². The fourth-order valence-corrected chi connectivity index (χ4v) is 9.33. The number of rotatable bonds is 10. The van der Waals surface area contributed by atoms with Crippen LogP contribution in [0.1, 0.15) is 58.3 Å². The number of hydrogen-bond acceptors (Lipinski definition) is 11. The topological polar surface area (TPSA) is 162 Å². The van der Waals surface area contributed by atoms with Crippen molar-refractivity contribution in [1.82, 2.24) is 0 Å². The summed E-state index contributed by atoms with van der Waals surface area (Å²) in [4.78, 5) is 50.9. The normalized spacial score (nSPS) is 41.9. The maximum absolute atomic E-state index is 13.7. The molecule has 6 bridgehead atoms. The summed E-state index contributed by atoms with van der Waals surface area (Å²) in [5.74, 6) is -3.73. The standard InChI is InChI=1S/C27H33F3O11S/c1-26(13-5-11-4-12(7-13)8-14(26)6-11)41-25(34)21-16-9-15-20(21)24(33)40-23(15)22(16)39-19(32)3-2-18(31)38-10-17(28)27(29,30)42(35,36)37/h11-17,20-23H,2-10H2,1H3,(H,35,36,37)/p-1. The summed E-state index contributed by atoms with van der Waals surface area (Å²) in [6.07, 6.45) is -0.851. The van der Waals surface area contributed by atoms with Gasteiger partial charge in [0.15, 0.2) is 10.1 Å². The molecule has 7 aliphatic rings. The molecule has 7 fully saturated rings. The van der Waals surface area contributed by atoms with Crippen LogP contribution in [0.2, 0.25) is 0 Å². The Morgan fingerprint density at radius 2 is 1.62 bits per heavy atom. The second-order valence-electron chi connectivity index (χ2n) is 13.0. The fraction of sp³-hybridized carbons (Fsp3) is 0.852. The molecule has 0 amide bonds. The van der Waals surface area contributed by atoms with Gasteiger partial charge in [0.05, 0.1) is 24.7 Å². The van der Waals surface area contributed by atoms with Crippen LogP contribution in [0, 0.1) is 47.3 Å². The predicted molar refractivity (Wildman–Crippen MR) is 130 cm³/mol. The lowest BCUT2D eigenvalue weighted by Gasteiger charge is -2.59. The Morgan fingerprint density at radius 1 is 1.02 bits per heavy atom. The number of alkyl halides is 3. The zero-order chi connectivity index (χ0) is 30.4. The highest BCUT2D eigenvalue weighted by Gasteiger charge is 2.71. The minimum absolute atomic E-state index is 0.275. The van der Waals surface area contributed by atoms with Crippen LogP contribution < -0.4 is 0 Å². The van der Waals surface area contributed by atoms with E-state index in [4.69, 9.17) is 14.2 Å². The van der Waals surface area contributed by atoms with E-state index in [1.807, 2.05) is 6.92 Å². The van der Waals surface area contributed by atoms with E-state index in [9.17, 15) is 45.3 Å². The van der Waals surface area contributed by atoms with Crippen LogP contribution in [0.5, 0.6) is 0 Å². The van der Waals surface area contributed by atoms with Gasteiger partial charge in [0.2, 0.25) is 6.17 Å². The molecule has 1 heterocycles. The first-order chi connectivity index (χ1) is 19.6. The molecular weight excluding hydrogens is 589 g/mol. The monoisotopic (exact) mass is 621 g/mol. The lowest BCUT2D eigenvalue weighted by molar-refractivity contribution is -0.211. The van der Waals surface area contributed by atoms with Crippen LogP contribution in [-0.2, 0) is 48.2 Å². The van der Waals surface area contributed by atoms with Crippen molar-refractivity contribution in [2.24, 2.45) is 47.3 Å². The highest BCUT2D eigenvalue weighted by molar-refractivity contribution is 7.86. The van der Waals surface area contributed by atoms with E-state index >= 15 is 0 Å². The highest BCUT2D eigenvalue weighted by atomic mass is 32.2. The van der Waals surface area contributed by atoms with Gasteiger partial charge in [0.25, 0.3) is 0 Å². The van der Waals surface area contributed by atoms with Crippen molar-refractivity contribution in [2.75, 3.05) is 6.61 Å². The lowest BCUT2D eigenvalue weighted by atomic mass is 9.50. The summed E-state index contributed by atoms with van der Waals surface area (Å²) >= 11 is 0. The van der Waals surface area contributed by atoms with Crippen LogP contribution in [0.25, 0.3) is 0 Å².